The number of fused-ring (bicyclic) bond motifs is 2. The van der Waals surface area contributed by atoms with E-state index < -0.39 is 24.0 Å². The Hall–Kier alpha value is -0.690. The van der Waals surface area contributed by atoms with Crippen molar-refractivity contribution in [3.05, 3.63) is 0 Å². The van der Waals surface area contributed by atoms with Gasteiger partial charge < -0.3 is 14.2 Å². The third-order valence-corrected chi connectivity index (χ3v) is 8.33. The fraction of sp³-hybridized carbons (Fsp3) is 0.960. The molecule has 0 N–H and O–H groups in total. The first-order valence-electron chi connectivity index (χ1n) is 12.8. The fourth-order valence-corrected chi connectivity index (χ4v) is 6.42. The molecule has 0 aromatic rings. The predicted octanol–water partition coefficient (Wildman–Crippen LogP) is 5.88. The van der Waals surface area contributed by atoms with Gasteiger partial charge in [0.15, 0.2) is 11.9 Å². The van der Waals surface area contributed by atoms with E-state index in [1.54, 1.807) is 0 Å². The first-order chi connectivity index (χ1) is 14.9. The quantitative estimate of drug-likeness (QED) is 0.254. The van der Waals surface area contributed by atoms with Crippen LogP contribution in [0.2, 0.25) is 0 Å². The maximum atomic E-state index is 12.6. The molecule has 1 saturated carbocycles. The fourth-order valence-electron chi connectivity index (χ4n) is 6.42. The molecule has 4 saturated heterocycles. The summed E-state index contributed by atoms with van der Waals surface area (Å²) in [7, 11) is 0. The number of hydrogen-bond acceptors (Lipinski definition) is 6. The van der Waals surface area contributed by atoms with Gasteiger partial charge in [0.05, 0.1) is 0 Å². The summed E-state index contributed by atoms with van der Waals surface area (Å²) in [6, 6.07) is 0. The van der Waals surface area contributed by atoms with Crippen molar-refractivity contribution in [3.8, 4) is 0 Å². The van der Waals surface area contributed by atoms with Gasteiger partial charge in [-0.05, 0) is 44.4 Å². The highest BCUT2D eigenvalue weighted by atomic mass is 17.3. The predicted molar refractivity (Wildman–Crippen MR) is 116 cm³/mol. The highest BCUT2D eigenvalue weighted by Crippen LogP contribution is 2.60. The zero-order chi connectivity index (χ0) is 22.1. The van der Waals surface area contributed by atoms with Crippen molar-refractivity contribution in [2.45, 2.75) is 129 Å². The Balaban J connectivity index is 1.36. The number of unbranched alkanes of at least 4 members (excludes halogenated alkanes) is 6. The largest absolute Gasteiger partial charge is 0.435 e. The lowest BCUT2D eigenvalue weighted by Gasteiger charge is -2.59. The van der Waals surface area contributed by atoms with Crippen molar-refractivity contribution < 1.29 is 28.8 Å². The molecule has 4 unspecified atom stereocenters. The van der Waals surface area contributed by atoms with E-state index in [1.165, 1.54) is 32.1 Å². The molecule has 6 heteroatoms. The molecule has 178 valence electrons. The van der Waals surface area contributed by atoms with Crippen molar-refractivity contribution >= 4 is 5.97 Å². The minimum absolute atomic E-state index is 0.0406. The lowest BCUT2D eigenvalue weighted by molar-refractivity contribution is -0.576. The summed E-state index contributed by atoms with van der Waals surface area (Å²) in [5.41, 5.74) is -0.603. The molecule has 0 amide bonds. The van der Waals surface area contributed by atoms with Crippen molar-refractivity contribution in [2.75, 3.05) is 0 Å². The summed E-state index contributed by atoms with van der Waals surface area (Å²) < 4.78 is 18.5. The van der Waals surface area contributed by atoms with Gasteiger partial charge in [0, 0.05) is 24.7 Å². The van der Waals surface area contributed by atoms with Gasteiger partial charge in [0.1, 0.15) is 0 Å². The summed E-state index contributed by atoms with van der Waals surface area (Å²) >= 11 is 0. The molecule has 4 aliphatic heterocycles. The standard InChI is InChI=1S/C25H42O6/c1-5-6-7-8-9-10-11-12-21(26)27-22-18(3)20-14-13-17(2)19-15-16-24(4)29-23(28-22)25(19,20)31-30-24/h17-20,22-23H,5-16H2,1-4H3/t17-,18-,19?,20?,22?,23-,24?,25-/m1/s1. The van der Waals surface area contributed by atoms with Crippen LogP contribution in [0.1, 0.15) is 105 Å². The Kier molecular flexibility index (Phi) is 7.31. The third-order valence-electron chi connectivity index (χ3n) is 8.33. The van der Waals surface area contributed by atoms with E-state index in [1.807, 2.05) is 6.92 Å². The maximum Gasteiger partial charge on any atom is 0.308 e. The Bertz CT molecular complexity index is 625. The molecule has 8 atom stereocenters. The third kappa shape index (κ3) is 4.55. The van der Waals surface area contributed by atoms with E-state index in [-0.39, 0.29) is 17.8 Å². The minimum Gasteiger partial charge on any atom is -0.435 e. The number of esters is 1. The van der Waals surface area contributed by atoms with Gasteiger partial charge in [-0.2, -0.15) is 0 Å². The molecule has 0 radical (unpaired) electrons. The van der Waals surface area contributed by atoms with Crippen LogP contribution in [0.25, 0.3) is 0 Å². The molecule has 1 spiro atoms. The normalized spacial score (nSPS) is 43.9. The SMILES string of the molecule is CCCCCCCCCC(=O)OC1O[C@@H]2OC3(C)CCC4[C@H](C)CCC([C@H]1C)[C@]42OO3. The van der Waals surface area contributed by atoms with Gasteiger partial charge in [-0.3, -0.25) is 4.79 Å². The summed E-state index contributed by atoms with van der Waals surface area (Å²) in [5.74, 6) is 0.116. The van der Waals surface area contributed by atoms with Crippen LogP contribution in [-0.2, 0) is 28.8 Å². The van der Waals surface area contributed by atoms with Gasteiger partial charge >= 0.3 is 5.97 Å². The molecule has 4 heterocycles. The second-order valence-corrected chi connectivity index (χ2v) is 10.6. The van der Waals surface area contributed by atoms with Gasteiger partial charge in [-0.1, -0.05) is 59.3 Å². The van der Waals surface area contributed by atoms with Gasteiger partial charge in [0.25, 0.3) is 0 Å². The lowest BCUT2D eigenvalue weighted by atomic mass is 9.58. The van der Waals surface area contributed by atoms with Crippen LogP contribution in [0.4, 0.5) is 0 Å². The van der Waals surface area contributed by atoms with Crippen LogP contribution in [0, 0.1) is 23.7 Å². The number of hydrogen-bond donors (Lipinski definition) is 0. The molecule has 5 rings (SSSR count). The number of rotatable bonds is 9. The molecule has 5 aliphatic rings. The van der Waals surface area contributed by atoms with E-state index >= 15 is 0 Å². The average Bonchev–Trinajstić information content (AvgIpc) is 2.97. The van der Waals surface area contributed by atoms with Crippen LogP contribution in [0.3, 0.4) is 0 Å². The molecular weight excluding hydrogens is 396 g/mol. The average molecular weight is 439 g/mol. The second kappa shape index (κ2) is 9.66. The molecular formula is C25H42O6. The van der Waals surface area contributed by atoms with Crippen molar-refractivity contribution in [1.82, 2.24) is 0 Å². The van der Waals surface area contributed by atoms with Crippen molar-refractivity contribution in [2.24, 2.45) is 23.7 Å². The van der Waals surface area contributed by atoms with E-state index in [9.17, 15) is 4.79 Å². The summed E-state index contributed by atoms with van der Waals surface area (Å²) in [6.07, 6.45) is 11.5. The topological polar surface area (TPSA) is 63.2 Å². The molecule has 1 aliphatic carbocycles. The highest BCUT2D eigenvalue weighted by Gasteiger charge is 2.69. The molecule has 0 aromatic carbocycles. The molecule has 6 nitrogen and oxygen atoms in total. The lowest BCUT2D eigenvalue weighted by Crippen LogP contribution is -2.70. The monoisotopic (exact) mass is 438 g/mol. The molecule has 31 heavy (non-hydrogen) atoms. The number of ether oxygens (including phenoxy) is 3. The molecule has 0 aromatic heterocycles. The summed E-state index contributed by atoms with van der Waals surface area (Å²) in [4.78, 5) is 24.5. The van der Waals surface area contributed by atoms with E-state index in [0.717, 1.165) is 38.5 Å². The van der Waals surface area contributed by atoms with E-state index in [4.69, 9.17) is 24.0 Å². The first kappa shape index (κ1) is 23.5. The second-order valence-electron chi connectivity index (χ2n) is 10.6. The van der Waals surface area contributed by atoms with Crippen molar-refractivity contribution in [3.63, 3.8) is 0 Å². The Morgan fingerprint density at radius 2 is 1.71 bits per heavy atom. The Morgan fingerprint density at radius 3 is 2.48 bits per heavy atom. The summed E-state index contributed by atoms with van der Waals surface area (Å²) in [6.45, 7) is 8.57. The first-order valence-corrected chi connectivity index (χ1v) is 12.8. The van der Waals surface area contributed by atoms with Crippen LogP contribution in [-0.4, -0.2) is 29.9 Å². The molecule has 5 fully saturated rings. The summed E-state index contributed by atoms with van der Waals surface area (Å²) in [5, 5.41) is 0. The van der Waals surface area contributed by atoms with Crippen LogP contribution in [0.5, 0.6) is 0 Å². The smallest absolute Gasteiger partial charge is 0.308 e. The van der Waals surface area contributed by atoms with Crippen LogP contribution < -0.4 is 0 Å². The number of carbonyl (C=O) groups excluding carboxylic acids is 1. The highest BCUT2D eigenvalue weighted by molar-refractivity contribution is 5.69. The van der Waals surface area contributed by atoms with Crippen LogP contribution >= 0.6 is 0 Å². The van der Waals surface area contributed by atoms with Crippen LogP contribution in [0.15, 0.2) is 0 Å². The van der Waals surface area contributed by atoms with E-state index in [0.29, 0.717) is 18.3 Å². The Morgan fingerprint density at radius 1 is 0.968 bits per heavy atom. The van der Waals surface area contributed by atoms with Gasteiger partial charge in [-0.25, -0.2) is 9.78 Å². The zero-order valence-corrected chi connectivity index (χ0v) is 19.9. The maximum absolute atomic E-state index is 12.6. The van der Waals surface area contributed by atoms with Gasteiger partial charge in [-0.15, -0.1) is 0 Å². The minimum atomic E-state index is -0.801. The number of carbonyl (C=O) groups is 1. The van der Waals surface area contributed by atoms with E-state index in [2.05, 4.69) is 20.8 Å². The van der Waals surface area contributed by atoms with Crippen molar-refractivity contribution in [1.29, 1.82) is 0 Å². The zero-order valence-electron chi connectivity index (χ0n) is 19.9. The Labute approximate surface area is 187 Å². The van der Waals surface area contributed by atoms with Gasteiger partial charge in [0.2, 0.25) is 12.1 Å². The molecule has 2 bridgehead atoms.